The average molecular weight is 609 g/mol. The zero-order chi connectivity index (χ0) is 31.1. The second kappa shape index (κ2) is 12.0. The summed E-state index contributed by atoms with van der Waals surface area (Å²) in [7, 11) is 3.48. The zero-order valence-corrected chi connectivity index (χ0v) is 24.8. The largest absolute Gasteiger partial charge is 0.416 e. The third kappa shape index (κ3) is 5.84. The lowest BCUT2D eigenvalue weighted by molar-refractivity contribution is -0.138. The number of anilines is 1. The Morgan fingerprint density at radius 3 is 2.75 bits per heavy atom. The van der Waals surface area contributed by atoms with Crippen molar-refractivity contribution in [2.75, 3.05) is 44.9 Å². The van der Waals surface area contributed by atoms with Gasteiger partial charge in [-0.2, -0.15) is 18.4 Å². The predicted octanol–water partition coefficient (Wildman–Crippen LogP) is 4.50. The molecule has 0 radical (unpaired) electrons. The van der Waals surface area contributed by atoms with Crippen molar-refractivity contribution in [3.63, 3.8) is 0 Å². The summed E-state index contributed by atoms with van der Waals surface area (Å²) in [6.07, 6.45) is -1.17. The van der Waals surface area contributed by atoms with E-state index in [1.54, 1.807) is 25.6 Å². The highest BCUT2D eigenvalue weighted by molar-refractivity contribution is 6.10. The molecule has 3 heterocycles. The molecule has 232 valence electrons. The second-order valence-corrected chi connectivity index (χ2v) is 12.3. The van der Waals surface area contributed by atoms with Crippen LogP contribution in [-0.2, 0) is 47.6 Å². The van der Waals surface area contributed by atoms with E-state index in [-0.39, 0.29) is 41.5 Å². The molecule has 2 fully saturated rings. The molecule has 3 aliphatic rings. The molecule has 2 aromatic carbocycles. The van der Waals surface area contributed by atoms with Crippen LogP contribution in [-0.4, -0.2) is 65.6 Å². The van der Waals surface area contributed by atoms with Crippen LogP contribution in [0, 0.1) is 23.2 Å². The minimum absolute atomic E-state index is 0.00454. The summed E-state index contributed by atoms with van der Waals surface area (Å²) in [6.45, 7) is 2.82. The second-order valence-electron chi connectivity index (χ2n) is 12.3. The number of fused-ring (bicyclic) bond motifs is 1. The van der Waals surface area contributed by atoms with Gasteiger partial charge in [-0.25, -0.2) is 0 Å². The number of nitriles is 1. The molecule has 12 heteroatoms. The van der Waals surface area contributed by atoms with Gasteiger partial charge in [-0.1, -0.05) is 12.1 Å². The first kappa shape index (κ1) is 30.2. The van der Waals surface area contributed by atoms with Gasteiger partial charge in [0.15, 0.2) is 0 Å². The van der Waals surface area contributed by atoms with Gasteiger partial charge in [0.05, 0.1) is 38.0 Å². The topological polar surface area (TPSA) is 96.5 Å². The van der Waals surface area contributed by atoms with Crippen LogP contribution in [0.25, 0.3) is 0 Å². The Bertz CT molecular complexity index is 1580. The van der Waals surface area contributed by atoms with E-state index in [9.17, 15) is 23.2 Å². The molecule has 6 rings (SSSR count). The van der Waals surface area contributed by atoms with Crippen LogP contribution in [0.2, 0.25) is 0 Å². The standard InChI is InChI=1S/C32H35F3N6O3/c1-39-20-37-38-29(39)13-31(11-22(12-31)14-36)24-4-3-5-25(10-24)41-17-27-26(30(41)42)8-21(9-28(27)32(33,34)35)15-40-6-7-44-19-23(16-40)18-43-2/h3-5,8-10,20,22-23H,6-7,11-13,15-19H2,1-2H3. The van der Waals surface area contributed by atoms with Gasteiger partial charge >= 0.3 is 6.18 Å². The van der Waals surface area contributed by atoms with Gasteiger partial charge in [0.25, 0.3) is 5.91 Å². The molecule has 1 amide bonds. The Morgan fingerprint density at radius 2 is 2.05 bits per heavy atom. The molecule has 0 N–H and O–H groups in total. The fourth-order valence-electron chi connectivity index (χ4n) is 6.94. The molecule has 1 saturated heterocycles. The molecule has 1 unspecified atom stereocenters. The normalized spacial score (nSPS) is 24.1. The smallest absolute Gasteiger partial charge is 0.384 e. The summed E-state index contributed by atoms with van der Waals surface area (Å²) in [5, 5.41) is 17.8. The number of halogens is 3. The van der Waals surface area contributed by atoms with E-state index in [2.05, 4.69) is 21.2 Å². The number of aryl methyl sites for hydroxylation is 1. The van der Waals surface area contributed by atoms with Crippen LogP contribution in [0.4, 0.5) is 18.9 Å². The quantitative estimate of drug-likeness (QED) is 0.372. The number of methoxy groups -OCH3 is 1. The third-order valence-electron chi connectivity index (χ3n) is 9.17. The molecular formula is C32H35F3N6O3. The number of ether oxygens (including phenoxy) is 2. The van der Waals surface area contributed by atoms with Crippen molar-refractivity contribution in [3.8, 4) is 6.07 Å². The number of benzene rings is 2. The maximum atomic E-state index is 14.4. The predicted molar refractivity (Wildman–Crippen MR) is 155 cm³/mol. The SMILES string of the molecule is COCC1COCCN(Cc2cc3c(c(C(F)(F)F)c2)CN(c2cccc(C4(Cc5nncn5C)CC(C#N)C4)c2)C3=O)C1. The molecule has 1 aromatic heterocycles. The molecule has 0 spiro atoms. The third-order valence-corrected chi connectivity index (χ3v) is 9.17. The van der Waals surface area contributed by atoms with E-state index in [0.29, 0.717) is 63.4 Å². The first-order valence-corrected chi connectivity index (χ1v) is 14.8. The maximum Gasteiger partial charge on any atom is 0.416 e. The molecule has 1 saturated carbocycles. The molecule has 2 aliphatic heterocycles. The molecule has 1 aliphatic carbocycles. The van der Waals surface area contributed by atoms with E-state index in [0.717, 1.165) is 11.4 Å². The van der Waals surface area contributed by atoms with Gasteiger partial charge in [-0.3, -0.25) is 9.69 Å². The molecule has 9 nitrogen and oxygen atoms in total. The van der Waals surface area contributed by atoms with Crippen LogP contribution in [0.5, 0.6) is 0 Å². The van der Waals surface area contributed by atoms with Crippen molar-refractivity contribution in [2.24, 2.45) is 18.9 Å². The lowest BCUT2D eigenvalue weighted by atomic mass is 9.57. The summed E-state index contributed by atoms with van der Waals surface area (Å²) >= 11 is 0. The Labute approximate surface area is 254 Å². The highest BCUT2D eigenvalue weighted by Gasteiger charge is 2.47. The van der Waals surface area contributed by atoms with E-state index in [1.807, 2.05) is 29.8 Å². The minimum atomic E-state index is -4.61. The van der Waals surface area contributed by atoms with Gasteiger partial charge in [-0.15, -0.1) is 10.2 Å². The number of carbonyl (C=O) groups excluding carboxylic acids is 1. The average Bonchev–Trinajstić information content (AvgIpc) is 3.44. The van der Waals surface area contributed by atoms with Gasteiger partial charge in [-0.05, 0) is 53.8 Å². The van der Waals surface area contributed by atoms with Crippen molar-refractivity contribution in [2.45, 2.75) is 43.9 Å². The number of hydrogen-bond acceptors (Lipinski definition) is 7. The summed E-state index contributed by atoms with van der Waals surface area (Å²) < 4.78 is 56.1. The van der Waals surface area contributed by atoms with E-state index in [1.165, 1.54) is 11.0 Å². The van der Waals surface area contributed by atoms with Crippen molar-refractivity contribution in [3.05, 3.63) is 76.4 Å². The minimum Gasteiger partial charge on any atom is -0.384 e. The lowest BCUT2D eigenvalue weighted by Gasteiger charge is -2.45. The van der Waals surface area contributed by atoms with E-state index in [4.69, 9.17) is 9.47 Å². The van der Waals surface area contributed by atoms with Crippen LogP contribution in [0.1, 0.15) is 51.3 Å². The van der Waals surface area contributed by atoms with Crippen molar-refractivity contribution < 1.29 is 27.4 Å². The zero-order valence-electron chi connectivity index (χ0n) is 24.8. The summed E-state index contributed by atoms with van der Waals surface area (Å²) in [5.41, 5.74) is 0.831. The van der Waals surface area contributed by atoms with Crippen LogP contribution in [0.3, 0.4) is 0 Å². The van der Waals surface area contributed by atoms with Gasteiger partial charge in [0.2, 0.25) is 0 Å². The van der Waals surface area contributed by atoms with Crippen molar-refractivity contribution >= 4 is 11.6 Å². The Kier molecular flexibility index (Phi) is 8.22. The summed E-state index contributed by atoms with van der Waals surface area (Å²) in [5.74, 6) is 0.340. The number of rotatable bonds is 8. The number of hydrogen-bond donors (Lipinski definition) is 0. The fourth-order valence-corrected chi connectivity index (χ4v) is 6.94. The van der Waals surface area contributed by atoms with Crippen LogP contribution >= 0.6 is 0 Å². The number of aromatic nitrogens is 3. The highest BCUT2D eigenvalue weighted by atomic mass is 19.4. The Hall–Kier alpha value is -3.79. The summed E-state index contributed by atoms with van der Waals surface area (Å²) in [4.78, 5) is 17.3. The Balaban J connectivity index is 1.30. The van der Waals surface area contributed by atoms with Gasteiger partial charge < -0.3 is 18.9 Å². The number of nitrogens with zero attached hydrogens (tertiary/aromatic N) is 6. The first-order chi connectivity index (χ1) is 21.1. The Morgan fingerprint density at radius 1 is 1.23 bits per heavy atom. The van der Waals surface area contributed by atoms with Crippen molar-refractivity contribution in [1.29, 1.82) is 5.26 Å². The fraction of sp³-hybridized carbons (Fsp3) is 0.500. The monoisotopic (exact) mass is 608 g/mol. The maximum absolute atomic E-state index is 14.4. The van der Waals surface area contributed by atoms with Crippen LogP contribution < -0.4 is 4.90 Å². The highest BCUT2D eigenvalue weighted by Crippen LogP contribution is 2.50. The number of alkyl halides is 3. The first-order valence-electron chi connectivity index (χ1n) is 14.8. The molecule has 44 heavy (non-hydrogen) atoms. The van der Waals surface area contributed by atoms with Gasteiger partial charge in [0, 0.05) is 68.7 Å². The molecule has 3 aromatic rings. The van der Waals surface area contributed by atoms with Crippen molar-refractivity contribution in [1.82, 2.24) is 19.7 Å². The lowest BCUT2D eigenvalue weighted by Crippen LogP contribution is -2.43. The molecule has 1 atom stereocenters. The molecular weight excluding hydrogens is 573 g/mol. The molecule has 0 bridgehead atoms. The summed E-state index contributed by atoms with van der Waals surface area (Å²) in [6, 6.07) is 12.6. The van der Waals surface area contributed by atoms with Crippen LogP contribution in [0.15, 0.2) is 42.7 Å². The number of amides is 1. The van der Waals surface area contributed by atoms with Gasteiger partial charge in [0.1, 0.15) is 12.2 Å². The van der Waals surface area contributed by atoms with E-state index < -0.39 is 17.6 Å². The van der Waals surface area contributed by atoms with E-state index >= 15 is 0 Å². The number of carbonyl (C=O) groups is 1.